The summed E-state index contributed by atoms with van der Waals surface area (Å²) in [6.07, 6.45) is 7.94. The fourth-order valence-corrected chi connectivity index (χ4v) is 9.57. The average molecular weight is 750 g/mol. The quantitative estimate of drug-likeness (QED) is 0.154. The molecular weight excluding hydrogens is 711 g/mol. The molecule has 2 aromatic heterocycles. The Morgan fingerprint density at radius 2 is 1.25 bits per heavy atom. The van der Waals surface area contributed by atoms with Crippen LogP contribution in [0.25, 0.3) is 76.7 Å². The number of hydrogen-bond acceptors (Lipinski definition) is 3. The molecule has 0 saturated carbocycles. The summed E-state index contributed by atoms with van der Waals surface area (Å²) in [6, 6.07) is 61.2. The molecule has 7 aromatic carbocycles. The number of rotatable bonds is 8. The van der Waals surface area contributed by atoms with Crippen LogP contribution in [0.4, 0.5) is 0 Å². The molecule has 3 nitrogen and oxygen atoms in total. The average Bonchev–Trinajstić information content (AvgIpc) is 3.82. The third-order valence-corrected chi connectivity index (χ3v) is 12.2. The minimum absolute atomic E-state index is 0.200. The number of benzene rings is 7. The van der Waals surface area contributed by atoms with E-state index < -0.39 is 0 Å². The van der Waals surface area contributed by atoms with Gasteiger partial charge in [0.15, 0.2) is 0 Å². The van der Waals surface area contributed by atoms with E-state index in [-0.39, 0.29) is 6.17 Å². The largest absolute Gasteiger partial charge is 0.358 e. The first kappa shape index (κ1) is 34.5. The van der Waals surface area contributed by atoms with Gasteiger partial charge in [-0.05, 0) is 87.8 Å². The van der Waals surface area contributed by atoms with Gasteiger partial charge in [-0.25, -0.2) is 0 Å². The van der Waals surface area contributed by atoms with Crippen molar-refractivity contribution in [2.24, 2.45) is 4.99 Å². The van der Waals surface area contributed by atoms with Gasteiger partial charge in [0.1, 0.15) is 6.17 Å². The molecule has 1 aliphatic heterocycles. The van der Waals surface area contributed by atoms with Crippen molar-refractivity contribution in [3.8, 4) is 33.4 Å². The highest BCUT2D eigenvalue weighted by Gasteiger charge is 2.22. The number of hydrogen-bond donors (Lipinski definition) is 1. The zero-order chi connectivity index (χ0) is 38.3. The molecule has 0 bridgehead atoms. The van der Waals surface area contributed by atoms with E-state index in [1.807, 2.05) is 17.4 Å². The molecule has 1 atom stereocenters. The molecule has 0 spiro atoms. The lowest BCUT2D eigenvalue weighted by Crippen LogP contribution is -2.37. The molecular formula is C53H39N3S. The van der Waals surface area contributed by atoms with Gasteiger partial charge in [0, 0.05) is 26.6 Å². The Labute approximate surface area is 336 Å². The van der Waals surface area contributed by atoms with Crippen molar-refractivity contribution in [1.29, 1.82) is 0 Å². The van der Waals surface area contributed by atoms with Gasteiger partial charge in [0.25, 0.3) is 0 Å². The van der Waals surface area contributed by atoms with Gasteiger partial charge in [0.2, 0.25) is 0 Å². The van der Waals surface area contributed by atoms with Crippen molar-refractivity contribution >= 4 is 54.6 Å². The molecule has 4 heteroatoms. The second kappa shape index (κ2) is 14.6. The van der Waals surface area contributed by atoms with Gasteiger partial charge in [-0.1, -0.05) is 164 Å². The van der Waals surface area contributed by atoms with Crippen LogP contribution >= 0.6 is 11.3 Å². The van der Waals surface area contributed by atoms with Crippen molar-refractivity contribution in [3.05, 3.63) is 222 Å². The summed E-state index contributed by atoms with van der Waals surface area (Å²) in [6.45, 7) is 6.04. The number of nitrogens with one attached hydrogen (secondary N) is 1. The van der Waals surface area contributed by atoms with Crippen molar-refractivity contribution < 1.29 is 0 Å². The summed E-state index contributed by atoms with van der Waals surface area (Å²) in [5.74, 6) is 0. The minimum Gasteiger partial charge on any atom is -0.358 e. The maximum absolute atomic E-state index is 5.40. The monoisotopic (exact) mass is 749 g/mol. The second-order valence-electron chi connectivity index (χ2n) is 14.4. The summed E-state index contributed by atoms with van der Waals surface area (Å²) in [7, 11) is 0. The van der Waals surface area contributed by atoms with Crippen molar-refractivity contribution in [2.45, 2.75) is 13.1 Å². The van der Waals surface area contributed by atoms with E-state index >= 15 is 0 Å². The highest BCUT2D eigenvalue weighted by molar-refractivity contribution is 7.17. The normalized spacial score (nSPS) is 14.2. The van der Waals surface area contributed by atoms with Crippen LogP contribution in [-0.4, -0.2) is 4.57 Å². The first-order valence-electron chi connectivity index (χ1n) is 19.4. The Morgan fingerprint density at radius 3 is 2.05 bits per heavy atom. The van der Waals surface area contributed by atoms with Crippen molar-refractivity contribution in [2.75, 3.05) is 0 Å². The Kier molecular flexibility index (Phi) is 8.81. The molecule has 272 valence electrons. The Balaban J connectivity index is 1.11. The minimum atomic E-state index is -0.200. The van der Waals surface area contributed by atoms with Crippen molar-refractivity contribution in [3.63, 3.8) is 0 Å². The molecule has 0 radical (unpaired) electrons. The van der Waals surface area contributed by atoms with Gasteiger partial charge in [0.05, 0.1) is 26.6 Å². The second-order valence-corrected chi connectivity index (χ2v) is 15.4. The van der Waals surface area contributed by atoms with Crippen LogP contribution in [0, 0.1) is 0 Å². The van der Waals surface area contributed by atoms with Crippen LogP contribution in [0.2, 0.25) is 0 Å². The predicted molar refractivity (Wildman–Crippen MR) is 242 cm³/mol. The number of fused-ring (bicyclic) bond motifs is 6. The van der Waals surface area contributed by atoms with E-state index in [9.17, 15) is 0 Å². The molecule has 1 aliphatic rings. The zero-order valence-electron chi connectivity index (χ0n) is 31.6. The summed E-state index contributed by atoms with van der Waals surface area (Å²) < 4.78 is 4.73. The van der Waals surface area contributed by atoms with Crippen molar-refractivity contribution in [1.82, 2.24) is 9.88 Å². The lowest BCUT2D eigenvalue weighted by Gasteiger charge is -2.22. The molecule has 0 saturated heterocycles. The Bertz CT molecular complexity index is 3170. The lowest BCUT2D eigenvalue weighted by atomic mass is 9.97. The first-order valence-corrected chi connectivity index (χ1v) is 20.2. The van der Waals surface area contributed by atoms with Gasteiger partial charge < -0.3 is 9.88 Å². The third kappa shape index (κ3) is 6.12. The fourth-order valence-electron chi connectivity index (χ4n) is 8.26. The molecule has 0 fully saturated rings. The van der Waals surface area contributed by atoms with Gasteiger partial charge in [-0.2, -0.15) is 0 Å². The lowest BCUT2D eigenvalue weighted by molar-refractivity contribution is 0.639. The van der Waals surface area contributed by atoms with Crippen LogP contribution in [-0.2, 0) is 0 Å². The molecule has 9 aromatic rings. The van der Waals surface area contributed by atoms with E-state index in [2.05, 4.69) is 211 Å². The zero-order valence-corrected chi connectivity index (χ0v) is 32.4. The molecule has 57 heavy (non-hydrogen) atoms. The first-order chi connectivity index (χ1) is 28.2. The molecule has 1 unspecified atom stereocenters. The predicted octanol–water partition coefficient (Wildman–Crippen LogP) is 12.7. The summed E-state index contributed by atoms with van der Waals surface area (Å²) in [5, 5.41) is 8.53. The van der Waals surface area contributed by atoms with Crippen LogP contribution in [0.15, 0.2) is 206 Å². The molecule has 10 rings (SSSR count). The maximum atomic E-state index is 5.40. The summed E-state index contributed by atoms with van der Waals surface area (Å²) >= 11 is 1.83. The number of nitrogens with zero attached hydrogens (tertiary/aromatic N) is 2. The van der Waals surface area contributed by atoms with Crippen LogP contribution in [0.5, 0.6) is 0 Å². The topological polar surface area (TPSA) is 29.3 Å². The number of aromatic nitrogens is 1. The van der Waals surface area contributed by atoms with Gasteiger partial charge in [-0.3, -0.25) is 4.99 Å². The third-order valence-electron chi connectivity index (χ3n) is 10.9. The number of para-hydroxylation sites is 1. The van der Waals surface area contributed by atoms with Crippen LogP contribution < -0.4 is 15.2 Å². The molecule has 0 amide bonds. The van der Waals surface area contributed by atoms with E-state index in [1.165, 1.54) is 65.3 Å². The van der Waals surface area contributed by atoms with Gasteiger partial charge >= 0.3 is 0 Å². The molecule has 0 aliphatic carbocycles. The van der Waals surface area contributed by atoms with Crippen LogP contribution in [0.1, 0.15) is 24.2 Å². The fraction of sp³-hybridized carbons (Fsp3) is 0.0377. The molecule has 3 heterocycles. The van der Waals surface area contributed by atoms with Gasteiger partial charge in [-0.15, -0.1) is 11.3 Å². The SMILES string of the molecule is C=C/C=C(\C=C/C)n1c2ccccc2c2cc(-c3cccc(-c4cccc5c6c(sc45)=C(c4ccc(-c5ccccc5)cc4)NC(c4ccccc4)N=6)c3)ccc21. The summed E-state index contributed by atoms with van der Waals surface area (Å²) in [5.41, 5.74) is 14.0. The molecule has 1 N–H and O–H groups in total. The number of allylic oxidation sites excluding steroid dienone is 5. The van der Waals surface area contributed by atoms with E-state index in [0.717, 1.165) is 32.4 Å². The standard InChI is InChI=1S/C53H39N3S/c1-3-15-42(16-4-2)56-47-26-12-11-23-44(47)46-34-40(31-32-48(46)56)39-21-13-22-41(33-39)43-24-14-25-45-50-52(57-51(43)45)49(54-53(55-50)38-19-9-6-10-20-38)37-29-27-36(28-30-37)35-17-7-5-8-18-35/h3-34,53-54H,1H2,2H3/b16-4-,42-15+. The Morgan fingerprint density at radius 1 is 0.614 bits per heavy atom. The number of thiophene rings is 1. The van der Waals surface area contributed by atoms with Crippen LogP contribution in [0.3, 0.4) is 0 Å². The summed E-state index contributed by atoms with van der Waals surface area (Å²) in [4.78, 5) is 5.40. The van der Waals surface area contributed by atoms with E-state index in [4.69, 9.17) is 4.99 Å². The Hall–Kier alpha value is -7.01. The maximum Gasteiger partial charge on any atom is 0.145 e. The highest BCUT2D eigenvalue weighted by atomic mass is 32.1. The van der Waals surface area contributed by atoms with E-state index in [1.54, 1.807) is 0 Å². The van der Waals surface area contributed by atoms with E-state index in [0.29, 0.717) is 0 Å². The smallest absolute Gasteiger partial charge is 0.145 e. The highest BCUT2D eigenvalue weighted by Crippen LogP contribution is 2.37.